The third kappa shape index (κ3) is 7.13. The molecule has 0 aliphatic rings. The number of hydrogen-bond acceptors (Lipinski definition) is 5. The number of carbonyl (C=O) groups excluding carboxylic acids is 1. The average molecular weight is 517 g/mol. The van der Waals surface area contributed by atoms with Crippen LogP contribution < -0.4 is 19.1 Å². The van der Waals surface area contributed by atoms with Crippen molar-refractivity contribution in [1.82, 2.24) is 5.32 Å². The molecule has 3 aromatic rings. The number of rotatable bonds is 10. The van der Waals surface area contributed by atoms with Crippen LogP contribution in [0.4, 0.5) is 5.69 Å². The molecule has 3 aromatic carbocycles. The number of carbonyl (C=O) groups is 1. The first-order chi connectivity index (χ1) is 16.6. The third-order valence-corrected chi connectivity index (χ3v) is 6.78. The van der Waals surface area contributed by atoms with E-state index in [9.17, 15) is 13.2 Å². The zero-order valence-electron chi connectivity index (χ0n) is 20.2. The van der Waals surface area contributed by atoms with Crippen molar-refractivity contribution in [2.45, 2.75) is 20.4 Å². The molecule has 1 N–H and O–H groups in total. The van der Waals surface area contributed by atoms with Gasteiger partial charge in [0.15, 0.2) is 0 Å². The van der Waals surface area contributed by atoms with Crippen molar-refractivity contribution in [3.05, 3.63) is 87.9 Å². The Bertz CT molecular complexity index is 1290. The minimum absolute atomic E-state index is 0.0904. The van der Waals surface area contributed by atoms with Crippen LogP contribution in [-0.2, 0) is 16.6 Å². The maximum absolute atomic E-state index is 12.5. The van der Waals surface area contributed by atoms with Crippen molar-refractivity contribution < 1.29 is 22.7 Å². The highest BCUT2D eigenvalue weighted by molar-refractivity contribution is 7.92. The number of hydrogen-bond donors (Lipinski definition) is 1. The number of sulfonamides is 1. The second-order valence-electron chi connectivity index (χ2n) is 8.16. The van der Waals surface area contributed by atoms with Crippen molar-refractivity contribution in [2.24, 2.45) is 0 Å². The van der Waals surface area contributed by atoms with Gasteiger partial charge in [0.05, 0.1) is 37.2 Å². The molecule has 0 aliphatic heterocycles. The summed E-state index contributed by atoms with van der Waals surface area (Å²) >= 11 is 6.18. The number of nitrogens with zero attached hydrogens (tertiary/aromatic N) is 1. The van der Waals surface area contributed by atoms with Gasteiger partial charge in [0.2, 0.25) is 10.0 Å². The van der Waals surface area contributed by atoms with Crippen LogP contribution in [0, 0.1) is 13.8 Å². The smallest absolute Gasteiger partial charge is 0.251 e. The summed E-state index contributed by atoms with van der Waals surface area (Å²) in [5.41, 5.74) is 3.82. The van der Waals surface area contributed by atoms with Crippen molar-refractivity contribution in [3.63, 3.8) is 0 Å². The summed E-state index contributed by atoms with van der Waals surface area (Å²) in [6.45, 7) is 4.80. The van der Waals surface area contributed by atoms with Crippen LogP contribution in [0.1, 0.15) is 27.0 Å². The van der Waals surface area contributed by atoms with Gasteiger partial charge < -0.3 is 14.8 Å². The Balaban J connectivity index is 1.60. The summed E-state index contributed by atoms with van der Waals surface area (Å²) in [5.74, 6) is 1.02. The highest BCUT2D eigenvalue weighted by Gasteiger charge is 2.19. The molecule has 0 bridgehead atoms. The van der Waals surface area contributed by atoms with Gasteiger partial charge in [-0.15, -0.1) is 0 Å². The first-order valence-electron chi connectivity index (χ1n) is 11.0. The zero-order chi connectivity index (χ0) is 25.6. The highest BCUT2D eigenvalue weighted by Crippen LogP contribution is 2.31. The summed E-state index contributed by atoms with van der Waals surface area (Å²) in [4.78, 5) is 12.5. The van der Waals surface area contributed by atoms with E-state index in [1.807, 2.05) is 32.0 Å². The molecule has 0 heterocycles. The Morgan fingerprint density at radius 1 is 1.00 bits per heavy atom. The lowest BCUT2D eigenvalue weighted by Gasteiger charge is -2.23. The number of benzene rings is 3. The van der Waals surface area contributed by atoms with Crippen LogP contribution in [0.5, 0.6) is 11.5 Å². The molecule has 0 aliphatic carbocycles. The van der Waals surface area contributed by atoms with Gasteiger partial charge >= 0.3 is 0 Å². The van der Waals surface area contributed by atoms with E-state index in [0.29, 0.717) is 35.2 Å². The standard InChI is InChI=1S/C26H29ClN2O5S/c1-18-5-11-24(19(2)15-18)34-14-13-28-26(30)21-8-6-20(7-9-21)17-29(35(4,31)32)22-10-12-25(33-3)23(27)16-22/h5-12,15-16H,13-14,17H2,1-4H3,(H,28,30). The number of anilines is 1. The summed E-state index contributed by atoms with van der Waals surface area (Å²) < 4.78 is 37.0. The van der Waals surface area contributed by atoms with Gasteiger partial charge in [0.1, 0.15) is 18.1 Å². The molecule has 186 valence electrons. The van der Waals surface area contributed by atoms with Crippen LogP contribution >= 0.6 is 11.6 Å². The van der Waals surface area contributed by atoms with E-state index in [1.165, 1.54) is 17.0 Å². The first kappa shape index (κ1) is 26.4. The largest absolute Gasteiger partial charge is 0.495 e. The molecule has 0 aromatic heterocycles. The summed E-state index contributed by atoms with van der Waals surface area (Å²) in [6.07, 6.45) is 1.13. The topological polar surface area (TPSA) is 84.9 Å². The summed E-state index contributed by atoms with van der Waals surface area (Å²) in [5, 5.41) is 3.14. The summed E-state index contributed by atoms with van der Waals surface area (Å²) in [7, 11) is -2.09. The van der Waals surface area contributed by atoms with Gasteiger partial charge in [-0.3, -0.25) is 9.10 Å². The molecule has 0 saturated heterocycles. The van der Waals surface area contributed by atoms with E-state index in [2.05, 4.69) is 5.32 Å². The molecule has 1 amide bonds. The van der Waals surface area contributed by atoms with Crippen molar-refractivity contribution in [1.29, 1.82) is 0 Å². The van der Waals surface area contributed by atoms with Crippen LogP contribution in [0.15, 0.2) is 60.7 Å². The van der Waals surface area contributed by atoms with Gasteiger partial charge in [-0.1, -0.05) is 41.4 Å². The molecule has 0 fully saturated rings. The van der Waals surface area contributed by atoms with E-state index in [-0.39, 0.29) is 12.5 Å². The Hall–Kier alpha value is -3.23. The lowest BCUT2D eigenvalue weighted by molar-refractivity contribution is 0.0947. The lowest BCUT2D eigenvalue weighted by atomic mass is 10.1. The zero-order valence-corrected chi connectivity index (χ0v) is 21.7. The number of aryl methyl sites for hydroxylation is 2. The van der Waals surface area contributed by atoms with Crippen LogP contribution in [-0.4, -0.2) is 40.8 Å². The van der Waals surface area contributed by atoms with Crippen molar-refractivity contribution >= 4 is 33.2 Å². The van der Waals surface area contributed by atoms with E-state index >= 15 is 0 Å². The molecule has 35 heavy (non-hydrogen) atoms. The number of ether oxygens (including phenoxy) is 2. The van der Waals surface area contributed by atoms with Gasteiger partial charge in [0.25, 0.3) is 5.91 Å². The third-order valence-electron chi connectivity index (χ3n) is 5.34. The van der Waals surface area contributed by atoms with E-state index in [1.54, 1.807) is 42.5 Å². The fourth-order valence-corrected chi connectivity index (χ4v) is 4.66. The van der Waals surface area contributed by atoms with Gasteiger partial charge in [-0.05, 0) is 61.4 Å². The van der Waals surface area contributed by atoms with Crippen LogP contribution in [0.3, 0.4) is 0 Å². The average Bonchev–Trinajstić information content (AvgIpc) is 2.81. The minimum atomic E-state index is -3.58. The molecule has 0 radical (unpaired) electrons. The molecule has 0 saturated carbocycles. The first-order valence-corrected chi connectivity index (χ1v) is 13.2. The number of methoxy groups -OCH3 is 1. The molecular formula is C26H29ClN2O5S. The van der Waals surface area contributed by atoms with Gasteiger partial charge in [-0.25, -0.2) is 8.42 Å². The van der Waals surface area contributed by atoms with Crippen molar-refractivity contribution in [3.8, 4) is 11.5 Å². The fraction of sp³-hybridized carbons (Fsp3) is 0.269. The monoisotopic (exact) mass is 516 g/mol. The number of halogens is 1. The second kappa shape index (κ2) is 11.5. The normalized spacial score (nSPS) is 11.1. The van der Waals surface area contributed by atoms with Crippen molar-refractivity contribution in [2.75, 3.05) is 30.8 Å². The Kier molecular flexibility index (Phi) is 8.64. The number of nitrogens with one attached hydrogen (secondary N) is 1. The molecule has 0 spiro atoms. The quantitative estimate of drug-likeness (QED) is 0.393. The Morgan fingerprint density at radius 2 is 1.69 bits per heavy atom. The molecule has 3 rings (SSSR count). The van der Waals surface area contributed by atoms with E-state index < -0.39 is 10.0 Å². The summed E-state index contributed by atoms with van der Waals surface area (Å²) in [6, 6.07) is 17.5. The Morgan fingerprint density at radius 3 is 2.29 bits per heavy atom. The molecule has 7 nitrogen and oxygen atoms in total. The maximum atomic E-state index is 12.5. The number of amides is 1. The highest BCUT2D eigenvalue weighted by atomic mass is 35.5. The maximum Gasteiger partial charge on any atom is 0.251 e. The molecular weight excluding hydrogens is 488 g/mol. The van der Waals surface area contributed by atoms with Gasteiger partial charge in [-0.2, -0.15) is 0 Å². The lowest BCUT2D eigenvalue weighted by Crippen LogP contribution is -2.29. The van der Waals surface area contributed by atoms with E-state index in [4.69, 9.17) is 21.1 Å². The molecule has 9 heteroatoms. The fourth-order valence-electron chi connectivity index (χ4n) is 3.53. The predicted octanol–water partition coefficient (Wildman–Crippen LogP) is 4.74. The predicted molar refractivity (Wildman–Crippen MR) is 139 cm³/mol. The molecule has 0 atom stereocenters. The van der Waals surface area contributed by atoms with Gasteiger partial charge in [0, 0.05) is 5.56 Å². The van der Waals surface area contributed by atoms with Crippen LogP contribution in [0.2, 0.25) is 5.02 Å². The van der Waals surface area contributed by atoms with Crippen LogP contribution in [0.25, 0.3) is 0 Å². The minimum Gasteiger partial charge on any atom is -0.495 e. The van der Waals surface area contributed by atoms with E-state index in [0.717, 1.165) is 23.1 Å². The Labute approximate surface area is 211 Å². The SMILES string of the molecule is COc1ccc(N(Cc2ccc(C(=O)NCCOc3ccc(C)cc3C)cc2)S(C)(=O)=O)cc1Cl. The molecule has 0 unspecified atom stereocenters. The second-order valence-corrected chi connectivity index (χ2v) is 10.5.